The van der Waals surface area contributed by atoms with Gasteiger partial charge in [0.25, 0.3) is 5.56 Å². The van der Waals surface area contributed by atoms with E-state index in [0.29, 0.717) is 73.3 Å². The Balaban J connectivity index is 0.000000272. The predicted octanol–water partition coefficient (Wildman–Crippen LogP) is 6.57. The second kappa shape index (κ2) is 53.5. The number of aromatic nitrogens is 6. The summed E-state index contributed by atoms with van der Waals surface area (Å²) in [5.41, 5.74) is 1.84. The number of ether oxygens (including phenoxy) is 3. The summed E-state index contributed by atoms with van der Waals surface area (Å²) in [6.45, 7) is 16.4. The minimum atomic E-state index is -0.556. The molecule has 522 valence electrons. The number of carbonyl (C=O) groups is 1. The molecule has 3 aliphatic heterocycles. The normalized spacial score (nSPS) is 10.8. The molecule has 1 atom stereocenters. The largest absolute Gasteiger partial charge is 0.444 e. The number of piperazine rings is 1. The number of rotatable bonds is 5. The van der Waals surface area contributed by atoms with E-state index in [-0.39, 0.29) is 17.7 Å². The third kappa shape index (κ3) is 36.1. The lowest BCUT2D eigenvalue weighted by atomic mass is 10.0. The lowest BCUT2D eigenvalue weighted by Crippen LogP contribution is -2.57. The maximum atomic E-state index is 13.2. The first-order valence-electron chi connectivity index (χ1n) is 32.4. The van der Waals surface area contributed by atoms with Crippen molar-refractivity contribution in [2.45, 2.75) is 52.7 Å². The van der Waals surface area contributed by atoms with Crippen LogP contribution in [0, 0.1) is 321 Å². The van der Waals surface area contributed by atoms with Crippen LogP contribution in [0.15, 0.2) is 68.9 Å². The molecule has 4 aromatic heterocycles. The number of terminal acetylenes is 2. The van der Waals surface area contributed by atoms with Gasteiger partial charge in [-0.25, -0.2) is 14.8 Å². The van der Waals surface area contributed by atoms with Gasteiger partial charge in [0.2, 0.25) is 11.9 Å². The Morgan fingerprint density at radius 3 is 1.18 bits per heavy atom. The summed E-state index contributed by atoms with van der Waals surface area (Å²) in [7, 11) is 0. The summed E-state index contributed by atoms with van der Waals surface area (Å²) in [6.07, 6.45) is 17.0. The quantitative estimate of drug-likeness (QED) is 0.189. The molecule has 0 bridgehead atoms. The van der Waals surface area contributed by atoms with Gasteiger partial charge in [0.05, 0.1) is 71.1 Å². The monoisotopic (exact) mass is 1560 g/mol. The maximum Gasteiger partial charge on any atom is 0.410 e. The Bertz CT molecular complexity index is 6310. The van der Waals surface area contributed by atoms with Crippen LogP contribution in [-0.4, -0.2) is 125 Å². The molecule has 7 heterocycles. The molecule has 0 radical (unpaired) electrons. The fourth-order valence-corrected chi connectivity index (χ4v) is 9.35. The van der Waals surface area contributed by atoms with Crippen LogP contribution >= 0.6 is 31.9 Å². The number of fused-ring (bicyclic) bond motifs is 2. The third-order valence-corrected chi connectivity index (χ3v) is 13.9. The zero-order valence-electron chi connectivity index (χ0n) is 60.2. The minimum Gasteiger partial charge on any atom is -0.444 e. The number of pyridine rings is 2. The Hall–Kier alpha value is -16.3. The highest BCUT2D eigenvalue weighted by atomic mass is 79.9. The Kier molecular flexibility index (Phi) is 41.1. The van der Waals surface area contributed by atoms with Crippen molar-refractivity contribution in [1.82, 2.24) is 34.8 Å². The van der Waals surface area contributed by atoms with E-state index < -0.39 is 5.60 Å². The van der Waals surface area contributed by atoms with E-state index in [4.69, 9.17) is 37.0 Å². The lowest BCUT2D eigenvalue weighted by molar-refractivity contribution is 0.0140. The fourth-order valence-electron chi connectivity index (χ4n) is 8.35. The van der Waals surface area contributed by atoms with Crippen LogP contribution < -0.4 is 20.3 Å². The smallest absolute Gasteiger partial charge is 0.410 e. The molecule has 0 unspecified atom stereocenters. The van der Waals surface area contributed by atoms with Crippen molar-refractivity contribution >= 4 is 77.5 Å². The summed E-state index contributed by atoms with van der Waals surface area (Å²) in [5, 5.41) is 1.46. The van der Waals surface area contributed by atoms with Gasteiger partial charge in [-0.2, -0.15) is 4.98 Å². The summed E-state index contributed by atoms with van der Waals surface area (Å²) in [6, 6.07) is 10.2. The number of carbonyl (C=O) groups excluding carboxylic acids is 1. The van der Waals surface area contributed by atoms with Crippen LogP contribution in [0.2, 0.25) is 0 Å². The van der Waals surface area contributed by atoms with Crippen molar-refractivity contribution in [3.63, 3.8) is 0 Å². The maximum absolute atomic E-state index is 13.2. The van der Waals surface area contributed by atoms with Crippen LogP contribution in [0.25, 0.3) is 21.8 Å². The zero-order valence-corrected chi connectivity index (χ0v) is 63.4. The van der Waals surface area contributed by atoms with Gasteiger partial charge in [0.1, 0.15) is 11.4 Å². The number of H-pyrrole nitrogens is 1. The number of hydrogen-bond donors (Lipinski definition) is 1. The molecule has 3 fully saturated rings. The van der Waals surface area contributed by atoms with Gasteiger partial charge in [-0.1, -0.05) is 42.2 Å². The van der Waals surface area contributed by atoms with E-state index in [0.717, 1.165) is 53.8 Å². The number of hydrogen-bond acceptors (Lipinski definition) is 13. The summed E-state index contributed by atoms with van der Waals surface area (Å²) < 4.78 is 18.1. The number of morpholine rings is 2. The van der Waals surface area contributed by atoms with E-state index in [2.05, 4.69) is 382 Å². The molecule has 3 saturated heterocycles. The van der Waals surface area contributed by atoms with Crippen LogP contribution in [0.4, 0.5) is 22.5 Å². The molecule has 15 nitrogen and oxygen atoms in total. The predicted molar refractivity (Wildman–Crippen MR) is 441 cm³/mol. The van der Waals surface area contributed by atoms with Crippen LogP contribution in [-0.2, 0) is 20.6 Å². The number of aromatic amines is 1. The highest BCUT2D eigenvalue weighted by Crippen LogP contribution is 2.34. The highest BCUT2D eigenvalue weighted by molar-refractivity contribution is 9.11. The summed E-state index contributed by atoms with van der Waals surface area (Å²) in [5.74, 6) is 131. The van der Waals surface area contributed by atoms with Crippen molar-refractivity contribution in [3.05, 3.63) is 80.0 Å². The van der Waals surface area contributed by atoms with Crippen molar-refractivity contribution in [3.8, 4) is 321 Å². The van der Waals surface area contributed by atoms with Crippen LogP contribution in [0.5, 0.6) is 0 Å². The van der Waals surface area contributed by atoms with Gasteiger partial charge in [0.15, 0.2) is 0 Å². The third-order valence-electron chi connectivity index (χ3n) is 12.7. The zero-order chi connectivity index (χ0) is 79.3. The fraction of sp³-hybridized carbons (Fsp3) is 0.202. The Labute approximate surface area is 667 Å². The van der Waals surface area contributed by atoms with E-state index >= 15 is 0 Å². The summed E-state index contributed by atoms with van der Waals surface area (Å²) in [4.78, 5) is 59.1. The first kappa shape index (κ1) is 85.3. The SMILES string of the molecule is C#CC#CC#CC#CC#CC#CC#CC#CC#CC#CC#CC#CC#CC.C#CC#CC#CC#CC#CC#CC#CC#CC#CC#CC#CC#CC#CC#CC.CC(C)(C)OC(=O)N1CCN(c2nc(N3CCOCC3)nc3cncc(Br)c23)C[C@@H]1Cc1ccccc1.O=c1[nH]c(N2CCOCC2)nc2cncc(Br)c12. The standard InChI is InChI=1S/C29H4.C27H33BrN6O3.C27H4.C11H11BrN4O2/c1-3-5-7-9-11-13-15-17-19-21-23-25-27-29-28-26-24-22-20-18-16-14-12-10-8-6-4-2;1-27(2,3)37-26(35)34-10-9-33(18-20(34)15-19-7-5-4-6-8-19)24-23-21(28)16-29-17-22(23)30-25(31-24)32-11-13-36-14-12-32;1-3-5-7-9-11-13-15-17-19-21-23-25-27-26-24-22-20-18-16-14-12-10-8-6-4-2;12-7-5-13-6-8-9(7)10(17)15-11(14-8)16-1-3-18-4-2-16/h1H,2H3;4-8,16-17,20H,9-15,18H2,1-3H3;1H,2H3;5-6H,1-4H2,(H,14,15,17)/t;20-;;/m.0../s1. The Morgan fingerprint density at radius 2 is 0.811 bits per heavy atom. The van der Waals surface area contributed by atoms with Crippen LogP contribution in [0.1, 0.15) is 40.2 Å². The van der Waals surface area contributed by atoms with Crippen molar-refractivity contribution in [1.29, 1.82) is 0 Å². The van der Waals surface area contributed by atoms with E-state index in [1.165, 1.54) is 5.56 Å². The van der Waals surface area contributed by atoms with E-state index in [9.17, 15) is 9.59 Å². The molecule has 0 saturated carbocycles. The molecule has 8 rings (SSSR count). The second-order valence-electron chi connectivity index (χ2n) is 21.2. The van der Waals surface area contributed by atoms with Gasteiger partial charge in [-0.3, -0.25) is 19.7 Å². The number of halogens is 2. The van der Waals surface area contributed by atoms with Crippen LogP contribution in [0.3, 0.4) is 0 Å². The van der Waals surface area contributed by atoms with Crippen molar-refractivity contribution in [2.24, 2.45) is 0 Å². The average Bonchev–Trinajstić information content (AvgIpc) is 0.778. The van der Waals surface area contributed by atoms with E-state index in [1.807, 2.05) is 48.8 Å². The first-order valence-corrected chi connectivity index (χ1v) is 34.0. The van der Waals surface area contributed by atoms with E-state index in [1.54, 1.807) is 38.6 Å². The molecule has 3 aliphatic rings. The highest BCUT2D eigenvalue weighted by Gasteiger charge is 2.35. The molecule has 0 aliphatic carbocycles. The van der Waals surface area contributed by atoms with Crippen molar-refractivity contribution < 1.29 is 19.0 Å². The van der Waals surface area contributed by atoms with Crippen molar-refractivity contribution in [2.75, 3.05) is 86.9 Å². The van der Waals surface area contributed by atoms with Gasteiger partial charge in [0, 0.05) is 169 Å². The summed E-state index contributed by atoms with van der Waals surface area (Å²) >= 11 is 7.00. The second-order valence-corrected chi connectivity index (χ2v) is 22.9. The molecular weight excluding hydrogens is 1510 g/mol. The molecule has 0 spiro atoms. The molecular formula is C94H52Br2N10O5. The number of nitrogens with one attached hydrogen (secondary N) is 1. The van der Waals surface area contributed by atoms with Gasteiger partial charge in [-0.15, -0.1) is 12.8 Å². The Morgan fingerprint density at radius 1 is 0.459 bits per heavy atom. The number of anilines is 3. The number of nitrogens with zero attached hydrogens (tertiary/aromatic N) is 9. The molecule has 5 aromatic rings. The lowest BCUT2D eigenvalue weighted by Gasteiger charge is -2.42. The average molecular weight is 1560 g/mol. The molecule has 17 heteroatoms. The molecule has 1 aromatic carbocycles. The van der Waals surface area contributed by atoms with Gasteiger partial charge in [-0.05, 0) is 268 Å². The molecule has 1 amide bonds. The number of benzene rings is 1. The number of amides is 1. The van der Waals surface area contributed by atoms with Gasteiger partial charge < -0.3 is 33.8 Å². The first-order chi connectivity index (χ1) is 54.4. The molecule has 1 N–H and O–H groups in total. The topological polar surface area (TPSA) is 155 Å². The van der Waals surface area contributed by atoms with Gasteiger partial charge >= 0.3 is 6.09 Å². The molecule has 111 heavy (non-hydrogen) atoms. The minimum absolute atomic E-state index is 0.0801.